The van der Waals surface area contributed by atoms with Gasteiger partial charge >= 0.3 is 0 Å². The van der Waals surface area contributed by atoms with E-state index >= 15 is 0 Å². The maximum absolute atomic E-state index is 14.5. The standard InChI is InChI=1S/C23H22FN5O2/c1-3-30-22-10-14(2)17(11-26-22)18-12-25-21(29-13-27-28-23(18)29)7-4-15-16-8-9-31-20(16)6-5-19(15)24/h5-6,10-13H,3-4,7-9H2,1-2H3. The van der Waals surface area contributed by atoms with Crippen LogP contribution >= 0.6 is 0 Å². The Labute approximate surface area is 178 Å². The van der Waals surface area contributed by atoms with Crippen LogP contribution in [-0.4, -0.2) is 37.8 Å². The molecular formula is C23H22FN5O2. The number of halogens is 1. The Morgan fingerprint density at radius 2 is 2.03 bits per heavy atom. The second-order valence-electron chi connectivity index (χ2n) is 7.48. The van der Waals surface area contributed by atoms with Crippen LogP contribution in [0.15, 0.2) is 36.9 Å². The van der Waals surface area contributed by atoms with Gasteiger partial charge in [0.1, 0.15) is 23.7 Å². The monoisotopic (exact) mass is 419 g/mol. The third-order valence-electron chi connectivity index (χ3n) is 5.62. The van der Waals surface area contributed by atoms with Crippen molar-refractivity contribution in [3.63, 3.8) is 0 Å². The lowest BCUT2D eigenvalue weighted by molar-refractivity contribution is 0.326. The van der Waals surface area contributed by atoms with Gasteiger partial charge in [-0.25, -0.2) is 14.4 Å². The molecule has 7 nitrogen and oxygen atoms in total. The minimum absolute atomic E-state index is 0.197. The molecule has 4 heterocycles. The number of hydrogen-bond donors (Lipinski definition) is 0. The van der Waals surface area contributed by atoms with Crippen molar-refractivity contribution < 1.29 is 13.9 Å². The molecule has 3 aromatic heterocycles. The number of fused-ring (bicyclic) bond motifs is 2. The van der Waals surface area contributed by atoms with Gasteiger partial charge in [-0.15, -0.1) is 10.2 Å². The van der Waals surface area contributed by atoms with Crippen LogP contribution in [0, 0.1) is 12.7 Å². The van der Waals surface area contributed by atoms with Crippen molar-refractivity contribution in [3.8, 4) is 22.8 Å². The minimum Gasteiger partial charge on any atom is -0.493 e. The van der Waals surface area contributed by atoms with Gasteiger partial charge in [-0.1, -0.05) is 0 Å². The van der Waals surface area contributed by atoms with Crippen LogP contribution in [0.1, 0.15) is 29.4 Å². The predicted octanol–water partition coefficient (Wildman–Crippen LogP) is 3.75. The summed E-state index contributed by atoms with van der Waals surface area (Å²) in [4.78, 5) is 9.04. The lowest BCUT2D eigenvalue weighted by atomic mass is 10.00. The number of hydrogen-bond acceptors (Lipinski definition) is 6. The van der Waals surface area contributed by atoms with Crippen molar-refractivity contribution in [2.75, 3.05) is 13.2 Å². The zero-order valence-corrected chi connectivity index (χ0v) is 17.4. The average Bonchev–Trinajstić information content (AvgIpc) is 3.43. The van der Waals surface area contributed by atoms with E-state index in [2.05, 4.69) is 20.2 Å². The molecule has 0 amide bonds. The largest absolute Gasteiger partial charge is 0.493 e. The van der Waals surface area contributed by atoms with Gasteiger partial charge in [0.2, 0.25) is 5.88 Å². The summed E-state index contributed by atoms with van der Waals surface area (Å²) >= 11 is 0. The van der Waals surface area contributed by atoms with Crippen molar-refractivity contribution in [1.82, 2.24) is 24.6 Å². The topological polar surface area (TPSA) is 74.4 Å². The molecule has 0 saturated carbocycles. The van der Waals surface area contributed by atoms with Gasteiger partial charge in [-0.3, -0.25) is 4.40 Å². The molecule has 1 aliphatic heterocycles. The van der Waals surface area contributed by atoms with E-state index in [9.17, 15) is 4.39 Å². The van der Waals surface area contributed by atoms with Crippen LogP contribution in [0.3, 0.4) is 0 Å². The van der Waals surface area contributed by atoms with Crippen LogP contribution in [0.2, 0.25) is 0 Å². The molecule has 0 bridgehead atoms. The summed E-state index contributed by atoms with van der Waals surface area (Å²) in [5, 5.41) is 8.39. The Bertz CT molecular complexity index is 1270. The molecular weight excluding hydrogens is 397 g/mol. The van der Waals surface area contributed by atoms with Crippen molar-refractivity contribution in [3.05, 3.63) is 65.3 Å². The molecule has 0 N–H and O–H groups in total. The number of nitrogens with zero attached hydrogens (tertiary/aromatic N) is 5. The SMILES string of the molecule is CCOc1cc(C)c(-c2cnc(CCc3c(F)ccc4c3CCO4)n3cnnc23)cn1. The molecule has 31 heavy (non-hydrogen) atoms. The summed E-state index contributed by atoms with van der Waals surface area (Å²) < 4.78 is 27.4. The molecule has 0 atom stereocenters. The Balaban J connectivity index is 1.47. The Hall–Kier alpha value is -3.55. The smallest absolute Gasteiger partial charge is 0.213 e. The molecule has 0 radical (unpaired) electrons. The van der Waals surface area contributed by atoms with Crippen molar-refractivity contribution >= 4 is 5.65 Å². The van der Waals surface area contributed by atoms with Gasteiger partial charge in [-0.05, 0) is 43.5 Å². The molecule has 1 aromatic carbocycles. The molecule has 0 aliphatic carbocycles. The first-order valence-electron chi connectivity index (χ1n) is 10.4. The van der Waals surface area contributed by atoms with Gasteiger partial charge in [-0.2, -0.15) is 0 Å². The second-order valence-corrected chi connectivity index (χ2v) is 7.48. The van der Waals surface area contributed by atoms with Gasteiger partial charge in [0.05, 0.1) is 13.2 Å². The molecule has 0 unspecified atom stereocenters. The lowest BCUT2D eigenvalue weighted by Gasteiger charge is -2.12. The van der Waals surface area contributed by atoms with E-state index in [4.69, 9.17) is 9.47 Å². The summed E-state index contributed by atoms with van der Waals surface area (Å²) in [7, 11) is 0. The lowest BCUT2D eigenvalue weighted by Crippen LogP contribution is -2.06. The second kappa shape index (κ2) is 7.94. The predicted molar refractivity (Wildman–Crippen MR) is 113 cm³/mol. The summed E-state index contributed by atoms with van der Waals surface area (Å²) in [5.41, 5.74) is 5.14. The number of aryl methyl sites for hydroxylation is 2. The van der Waals surface area contributed by atoms with Crippen LogP contribution in [0.5, 0.6) is 11.6 Å². The number of ether oxygens (including phenoxy) is 2. The summed E-state index contributed by atoms with van der Waals surface area (Å²) in [6, 6.07) is 5.09. The Morgan fingerprint density at radius 1 is 1.16 bits per heavy atom. The van der Waals surface area contributed by atoms with Crippen molar-refractivity contribution in [2.45, 2.75) is 33.1 Å². The zero-order valence-electron chi connectivity index (χ0n) is 17.4. The third kappa shape index (κ3) is 3.48. The number of rotatable bonds is 6. The normalized spacial score (nSPS) is 12.7. The van der Waals surface area contributed by atoms with Gasteiger partial charge in [0.15, 0.2) is 5.65 Å². The van der Waals surface area contributed by atoms with E-state index in [1.807, 2.05) is 24.3 Å². The van der Waals surface area contributed by atoms with E-state index in [-0.39, 0.29) is 5.82 Å². The van der Waals surface area contributed by atoms with Crippen LogP contribution in [0.4, 0.5) is 4.39 Å². The quantitative estimate of drug-likeness (QED) is 0.474. The number of aromatic nitrogens is 5. The number of benzene rings is 1. The van der Waals surface area contributed by atoms with Gasteiger partial charge < -0.3 is 9.47 Å². The molecule has 0 spiro atoms. The molecule has 0 fully saturated rings. The van der Waals surface area contributed by atoms with Gasteiger partial charge in [0, 0.05) is 48.0 Å². The maximum Gasteiger partial charge on any atom is 0.213 e. The van der Waals surface area contributed by atoms with Crippen LogP contribution < -0.4 is 9.47 Å². The average molecular weight is 419 g/mol. The molecule has 5 rings (SSSR count). The molecule has 158 valence electrons. The maximum atomic E-state index is 14.5. The van der Waals surface area contributed by atoms with E-state index in [0.717, 1.165) is 40.2 Å². The van der Waals surface area contributed by atoms with E-state index < -0.39 is 0 Å². The van der Waals surface area contributed by atoms with Crippen molar-refractivity contribution in [2.24, 2.45) is 0 Å². The first-order chi connectivity index (χ1) is 15.2. The summed E-state index contributed by atoms with van der Waals surface area (Å²) in [5.74, 6) is 1.95. The highest BCUT2D eigenvalue weighted by Crippen LogP contribution is 2.31. The fourth-order valence-corrected chi connectivity index (χ4v) is 4.10. The molecule has 8 heteroatoms. The molecule has 1 aliphatic rings. The van der Waals surface area contributed by atoms with E-state index in [1.165, 1.54) is 6.07 Å². The Kier molecular flexibility index (Phi) is 4.97. The molecule has 0 saturated heterocycles. The summed E-state index contributed by atoms with van der Waals surface area (Å²) in [6.07, 6.45) is 7.03. The fourth-order valence-electron chi connectivity index (χ4n) is 4.10. The summed E-state index contributed by atoms with van der Waals surface area (Å²) in [6.45, 7) is 5.09. The highest BCUT2D eigenvalue weighted by Gasteiger charge is 2.20. The van der Waals surface area contributed by atoms with Crippen LogP contribution in [-0.2, 0) is 19.3 Å². The van der Waals surface area contributed by atoms with Crippen LogP contribution in [0.25, 0.3) is 16.8 Å². The minimum atomic E-state index is -0.197. The zero-order chi connectivity index (χ0) is 21.4. The van der Waals surface area contributed by atoms with E-state index in [1.54, 1.807) is 24.8 Å². The Morgan fingerprint density at radius 3 is 2.87 bits per heavy atom. The highest BCUT2D eigenvalue weighted by atomic mass is 19.1. The highest BCUT2D eigenvalue weighted by molar-refractivity contribution is 5.78. The third-order valence-corrected chi connectivity index (χ3v) is 5.62. The van der Waals surface area contributed by atoms with E-state index in [0.29, 0.717) is 43.1 Å². The first kappa shape index (κ1) is 19.4. The van der Waals surface area contributed by atoms with Crippen molar-refractivity contribution in [1.29, 1.82) is 0 Å². The van der Waals surface area contributed by atoms with Gasteiger partial charge in [0.25, 0.3) is 0 Å². The first-order valence-corrected chi connectivity index (χ1v) is 10.4. The molecule has 4 aromatic rings. The fraction of sp³-hybridized carbons (Fsp3) is 0.304. The number of pyridine rings is 1.